The van der Waals surface area contributed by atoms with Crippen molar-refractivity contribution >= 4 is 16.8 Å². The fourth-order valence-electron chi connectivity index (χ4n) is 3.55. The summed E-state index contributed by atoms with van der Waals surface area (Å²) in [6.07, 6.45) is 6.01. The fourth-order valence-corrected chi connectivity index (χ4v) is 3.55. The van der Waals surface area contributed by atoms with Crippen LogP contribution >= 0.6 is 0 Å². The average molecular weight is 324 g/mol. The SMILES string of the molecule is O=C(NC(CO)c1ccco1)c1cccc2c3c([nH]c12)CCCC3. The molecule has 124 valence electrons. The first-order chi connectivity index (χ1) is 11.8. The molecule has 1 unspecified atom stereocenters. The van der Waals surface area contributed by atoms with Crippen LogP contribution in [0.1, 0.15) is 46.3 Å². The van der Waals surface area contributed by atoms with Gasteiger partial charge in [0.2, 0.25) is 0 Å². The van der Waals surface area contributed by atoms with Crippen LogP contribution in [0.5, 0.6) is 0 Å². The molecule has 0 spiro atoms. The third-order valence-electron chi connectivity index (χ3n) is 4.75. The van der Waals surface area contributed by atoms with E-state index in [2.05, 4.69) is 16.4 Å². The number of aryl methyl sites for hydroxylation is 2. The highest BCUT2D eigenvalue weighted by atomic mass is 16.3. The van der Waals surface area contributed by atoms with Crippen LogP contribution in [0, 0.1) is 0 Å². The van der Waals surface area contributed by atoms with E-state index in [0.717, 1.165) is 23.7 Å². The maximum Gasteiger partial charge on any atom is 0.254 e. The number of aromatic amines is 1. The van der Waals surface area contributed by atoms with Gasteiger partial charge in [0.1, 0.15) is 11.8 Å². The van der Waals surface area contributed by atoms with Crippen molar-refractivity contribution in [2.24, 2.45) is 0 Å². The summed E-state index contributed by atoms with van der Waals surface area (Å²) in [7, 11) is 0. The van der Waals surface area contributed by atoms with E-state index in [1.807, 2.05) is 12.1 Å². The maximum atomic E-state index is 12.8. The zero-order chi connectivity index (χ0) is 16.5. The van der Waals surface area contributed by atoms with Crippen molar-refractivity contribution in [2.75, 3.05) is 6.61 Å². The number of aliphatic hydroxyl groups excluding tert-OH is 1. The van der Waals surface area contributed by atoms with E-state index in [-0.39, 0.29) is 12.5 Å². The molecule has 24 heavy (non-hydrogen) atoms. The first-order valence-electron chi connectivity index (χ1n) is 8.35. The van der Waals surface area contributed by atoms with Gasteiger partial charge in [-0.3, -0.25) is 4.79 Å². The summed E-state index contributed by atoms with van der Waals surface area (Å²) in [6.45, 7) is -0.212. The summed E-state index contributed by atoms with van der Waals surface area (Å²) in [4.78, 5) is 16.2. The molecule has 0 fully saturated rings. The lowest BCUT2D eigenvalue weighted by Gasteiger charge is -2.14. The lowest BCUT2D eigenvalue weighted by molar-refractivity contribution is 0.0909. The minimum Gasteiger partial charge on any atom is -0.467 e. The number of hydrogen-bond donors (Lipinski definition) is 3. The number of furan rings is 1. The number of carbonyl (C=O) groups excluding carboxylic acids is 1. The number of para-hydroxylation sites is 1. The molecule has 5 heteroatoms. The summed E-state index contributed by atoms with van der Waals surface area (Å²) >= 11 is 0. The van der Waals surface area contributed by atoms with E-state index >= 15 is 0 Å². The number of carbonyl (C=O) groups is 1. The van der Waals surface area contributed by atoms with E-state index in [9.17, 15) is 9.90 Å². The van der Waals surface area contributed by atoms with Crippen molar-refractivity contribution < 1.29 is 14.3 Å². The number of nitrogens with one attached hydrogen (secondary N) is 2. The number of rotatable bonds is 4. The highest BCUT2D eigenvalue weighted by molar-refractivity contribution is 6.07. The first-order valence-corrected chi connectivity index (χ1v) is 8.35. The third kappa shape index (κ3) is 2.51. The standard InChI is InChI=1S/C19H20N2O3/c22-11-16(17-9-4-10-24-17)21-19(23)14-7-3-6-13-12-5-1-2-8-15(12)20-18(13)14/h3-4,6-7,9-10,16,20,22H,1-2,5,8,11H2,(H,21,23). The van der Waals surface area contributed by atoms with E-state index < -0.39 is 6.04 Å². The van der Waals surface area contributed by atoms with Crippen LogP contribution in [0.4, 0.5) is 0 Å². The number of aromatic nitrogens is 1. The number of amides is 1. The number of benzene rings is 1. The largest absolute Gasteiger partial charge is 0.467 e. The summed E-state index contributed by atoms with van der Waals surface area (Å²) in [5.41, 5.74) is 4.09. The molecule has 1 aliphatic carbocycles. The van der Waals surface area contributed by atoms with Crippen LogP contribution in [0.3, 0.4) is 0 Å². The Labute approximate surface area is 139 Å². The minimum absolute atomic E-state index is 0.212. The van der Waals surface area contributed by atoms with Gasteiger partial charge in [-0.05, 0) is 49.4 Å². The molecule has 1 amide bonds. The van der Waals surface area contributed by atoms with Crippen molar-refractivity contribution in [1.29, 1.82) is 0 Å². The van der Waals surface area contributed by atoms with Gasteiger partial charge >= 0.3 is 0 Å². The second-order valence-electron chi connectivity index (χ2n) is 6.24. The summed E-state index contributed by atoms with van der Waals surface area (Å²) in [5, 5.41) is 13.5. The fraction of sp³-hybridized carbons (Fsp3) is 0.316. The van der Waals surface area contributed by atoms with Crippen molar-refractivity contribution in [3.05, 3.63) is 59.2 Å². The number of H-pyrrole nitrogens is 1. The quantitative estimate of drug-likeness (QED) is 0.690. The lowest BCUT2D eigenvalue weighted by atomic mass is 9.95. The van der Waals surface area contributed by atoms with E-state index in [1.54, 1.807) is 12.1 Å². The van der Waals surface area contributed by atoms with E-state index in [1.165, 1.54) is 30.4 Å². The summed E-state index contributed by atoms with van der Waals surface area (Å²) in [5.74, 6) is 0.332. The van der Waals surface area contributed by atoms with Crippen LogP contribution < -0.4 is 5.32 Å². The second kappa shape index (κ2) is 6.17. The lowest BCUT2D eigenvalue weighted by Crippen LogP contribution is -2.30. The predicted octanol–water partition coefficient (Wildman–Crippen LogP) is 3.10. The van der Waals surface area contributed by atoms with Gasteiger partial charge in [0.15, 0.2) is 0 Å². The second-order valence-corrected chi connectivity index (χ2v) is 6.24. The topological polar surface area (TPSA) is 78.3 Å². The van der Waals surface area contributed by atoms with Crippen molar-refractivity contribution in [3.8, 4) is 0 Å². The Hall–Kier alpha value is -2.53. The molecule has 2 heterocycles. The number of aliphatic hydroxyl groups is 1. The van der Waals surface area contributed by atoms with Crippen LogP contribution in [0.15, 0.2) is 41.0 Å². The molecule has 0 saturated heterocycles. The monoisotopic (exact) mass is 324 g/mol. The molecule has 0 bridgehead atoms. The zero-order valence-electron chi connectivity index (χ0n) is 13.3. The molecular formula is C19H20N2O3. The molecule has 3 N–H and O–H groups in total. The molecule has 1 atom stereocenters. The molecule has 2 aromatic heterocycles. The van der Waals surface area contributed by atoms with Crippen LogP contribution in [-0.4, -0.2) is 22.6 Å². The molecule has 0 aliphatic heterocycles. The van der Waals surface area contributed by atoms with Gasteiger partial charge in [0.25, 0.3) is 5.91 Å². The van der Waals surface area contributed by atoms with Gasteiger partial charge in [0.05, 0.1) is 24.0 Å². The van der Waals surface area contributed by atoms with Gasteiger partial charge in [-0.2, -0.15) is 0 Å². The summed E-state index contributed by atoms with van der Waals surface area (Å²) in [6, 6.07) is 8.74. The molecule has 0 radical (unpaired) electrons. The number of fused-ring (bicyclic) bond motifs is 3. The zero-order valence-corrected chi connectivity index (χ0v) is 13.3. The third-order valence-corrected chi connectivity index (χ3v) is 4.75. The molecule has 0 saturated carbocycles. The van der Waals surface area contributed by atoms with Crippen molar-refractivity contribution in [1.82, 2.24) is 10.3 Å². The Morgan fingerprint density at radius 2 is 2.12 bits per heavy atom. The normalized spacial score (nSPS) is 15.2. The van der Waals surface area contributed by atoms with E-state index in [0.29, 0.717) is 11.3 Å². The molecule has 5 nitrogen and oxygen atoms in total. The van der Waals surface area contributed by atoms with Gasteiger partial charge < -0.3 is 19.8 Å². The number of hydrogen-bond acceptors (Lipinski definition) is 3. The van der Waals surface area contributed by atoms with Crippen LogP contribution in [0.25, 0.3) is 10.9 Å². The Balaban J connectivity index is 1.68. The first kappa shape index (κ1) is 15.0. The van der Waals surface area contributed by atoms with Gasteiger partial charge in [-0.15, -0.1) is 0 Å². The Morgan fingerprint density at radius 3 is 2.92 bits per heavy atom. The van der Waals surface area contributed by atoms with Crippen LogP contribution in [0.2, 0.25) is 0 Å². The Bertz CT molecular complexity index is 864. The highest BCUT2D eigenvalue weighted by Crippen LogP contribution is 2.31. The van der Waals surface area contributed by atoms with Gasteiger partial charge in [-0.1, -0.05) is 12.1 Å². The molecule has 1 aromatic carbocycles. The minimum atomic E-state index is -0.549. The highest BCUT2D eigenvalue weighted by Gasteiger charge is 2.22. The Kier molecular flexibility index (Phi) is 3.86. The smallest absolute Gasteiger partial charge is 0.254 e. The predicted molar refractivity (Wildman–Crippen MR) is 90.9 cm³/mol. The van der Waals surface area contributed by atoms with Crippen molar-refractivity contribution in [3.63, 3.8) is 0 Å². The van der Waals surface area contributed by atoms with Gasteiger partial charge in [0, 0.05) is 11.1 Å². The summed E-state index contributed by atoms with van der Waals surface area (Å²) < 4.78 is 5.29. The maximum absolute atomic E-state index is 12.8. The van der Waals surface area contributed by atoms with Crippen LogP contribution in [-0.2, 0) is 12.8 Å². The molecule has 3 aromatic rings. The Morgan fingerprint density at radius 1 is 1.25 bits per heavy atom. The molecule has 4 rings (SSSR count). The molecule has 1 aliphatic rings. The van der Waals surface area contributed by atoms with Crippen molar-refractivity contribution in [2.45, 2.75) is 31.7 Å². The van der Waals surface area contributed by atoms with Gasteiger partial charge in [-0.25, -0.2) is 0 Å². The van der Waals surface area contributed by atoms with E-state index in [4.69, 9.17) is 4.42 Å². The molecular weight excluding hydrogens is 304 g/mol. The average Bonchev–Trinajstić information content (AvgIpc) is 3.26.